The largest absolute Gasteiger partial charge is 0.496 e. The summed E-state index contributed by atoms with van der Waals surface area (Å²) in [5, 5.41) is 0. The molecule has 0 bridgehead atoms. The molecule has 2 aromatic rings. The van der Waals surface area contributed by atoms with Crippen LogP contribution in [0.15, 0.2) is 36.5 Å². The standard InChI is InChI=1S/C14H15NO3/c1-15-9-8-11(13(15)14(16)18-3)10-6-4-5-7-12(10)17-2/h4-9H,1-3H3. The van der Waals surface area contributed by atoms with E-state index in [-0.39, 0.29) is 5.97 Å². The maximum absolute atomic E-state index is 11.8. The van der Waals surface area contributed by atoms with Gasteiger partial charge in [0.25, 0.3) is 0 Å². The van der Waals surface area contributed by atoms with Crippen molar-refractivity contribution < 1.29 is 14.3 Å². The summed E-state index contributed by atoms with van der Waals surface area (Å²) in [4.78, 5) is 11.8. The average Bonchev–Trinajstić information content (AvgIpc) is 2.79. The molecule has 0 amide bonds. The van der Waals surface area contributed by atoms with E-state index in [1.54, 1.807) is 11.7 Å². The van der Waals surface area contributed by atoms with Crippen molar-refractivity contribution in [2.24, 2.45) is 7.05 Å². The van der Waals surface area contributed by atoms with Crippen LogP contribution >= 0.6 is 0 Å². The van der Waals surface area contributed by atoms with E-state index in [9.17, 15) is 4.79 Å². The van der Waals surface area contributed by atoms with Gasteiger partial charge in [-0.1, -0.05) is 18.2 Å². The summed E-state index contributed by atoms with van der Waals surface area (Å²) in [6, 6.07) is 9.46. The zero-order chi connectivity index (χ0) is 13.1. The number of methoxy groups -OCH3 is 2. The second kappa shape index (κ2) is 4.96. The highest BCUT2D eigenvalue weighted by atomic mass is 16.5. The van der Waals surface area contributed by atoms with E-state index in [4.69, 9.17) is 9.47 Å². The van der Waals surface area contributed by atoms with Crippen LogP contribution in [-0.4, -0.2) is 24.8 Å². The number of nitrogens with zero attached hydrogens (tertiary/aromatic N) is 1. The number of aryl methyl sites for hydroxylation is 1. The molecule has 0 saturated carbocycles. The minimum atomic E-state index is -0.358. The summed E-state index contributed by atoms with van der Waals surface area (Å²) in [7, 11) is 4.80. The zero-order valence-electron chi connectivity index (χ0n) is 10.6. The van der Waals surface area contributed by atoms with Crippen LogP contribution in [0.5, 0.6) is 5.75 Å². The van der Waals surface area contributed by atoms with Gasteiger partial charge in [-0.3, -0.25) is 0 Å². The first-order chi connectivity index (χ1) is 8.69. The highest BCUT2D eigenvalue weighted by molar-refractivity contribution is 5.96. The van der Waals surface area contributed by atoms with E-state index >= 15 is 0 Å². The fourth-order valence-corrected chi connectivity index (χ4v) is 1.96. The number of carbonyl (C=O) groups is 1. The molecule has 0 aliphatic heterocycles. The minimum Gasteiger partial charge on any atom is -0.496 e. The van der Waals surface area contributed by atoms with Crippen molar-refractivity contribution in [3.8, 4) is 16.9 Å². The highest BCUT2D eigenvalue weighted by Crippen LogP contribution is 2.32. The Kier molecular flexibility index (Phi) is 3.37. The molecule has 4 nitrogen and oxygen atoms in total. The second-order valence-electron chi connectivity index (χ2n) is 3.88. The zero-order valence-corrected chi connectivity index (χ0v) is 10.6. The van der Waals surface area contributed by atoms with Gasteiger partial charge in [0.1, 0.15) is 11.4 Å². The molecule has 2 rings (SSSR count). The topological polar surface area (TPSA) is 40.5 Å². The van der Waals surface area contributed by atoms with Crippen molar-refractivity contribution in [3.63, 3.8) is 0 Å². The molecule has 0 aliphatic rings. The third-order valence-electron chi connectivity index (χ3n) is 2.85. The van der Waals surface area contributed by atoms with Crippen molar-refractivity contribution in [2.45, 2.75) is 0 Å². The van der Waals surface area contributed by atoms with Gasteiger partial charge < -0.3 is 14.0 Å². The molecule has 94 valence electrons. The fraction of sp³-hybridized carbons (Fsp3) is 0.214. The Hall–Kier alpha value is -2.23. The Labute approximate surface area is 106 Å². The fourth-order valence-electron chi connectivity index (χ4n) is 1.96. The number of hydrogen-bond donors (Lipinski definition) is 0. The first-order valence-corrected chi connectivity index (χ1v) is 5.56. The molecule has 0 spiro atoms. The van der Waals surface area contributed by atoms with Gasteiger partial charge in [-0.2, -0.15) is 0 Å². The Balaban J connectivity index is 2.61. The van der Waals surface area contributed by atoms with Gasteiger partial charge >= 0.3 is 5.97 Å². The van der Waals surface area contributed by atoms with Crippen LogP contribution in [0.25, 0.3) is 11.1 Å². The number of benzene rings is 1. The maximum Gasteiger partial charge on any atom is 0.355 e. The summed E-state index contributed by atoms with van der Waals surface area (Å²) in [6.07, 6.45) is 1.83. The molecule has 0 unspecified atom stereocenters. The lowest BCUT2D eigenvalue weighted by Gasteiger charge is -2.09. The predicted molar refractivity (Wildman–Crippen MR) is 68.7 cm³/mol. The van der Waals surface area contributed by atoms with Crippen molar-refractivity contribution in [2.75, 3.05) is 14.2 Å². The lowest BCUT2D eigenvalue weighted by atomic mass is 10.0. The van der Waals surface area contributed by atoms with Crippen LogP contribution < -0.4 is 4.74 Å². The minimum absolute atomic E-state index is 0.358. The van der Waals surface area contributed by atoms with Crippen molar-refractivity contribution >= 4 is 5.97 Å². The van der Waals surface area contributed by atoms with E-state index < -0.39 is 0 Å². The molecule has 1 aromatic heterocycles. The molecule has 0 aliphatic carbocycles. The van der Waals surface area contributed by atoms with E-state index in [2.05, 4.69) is 0 Å². The third kappa shape index (κ3) is 1.97. The Morgan fingerprint density at radius 1 is 1.11 bits per heavy atom. The number of aromatic nitrogens is 1. The molecule has 0 atom stereocenters. The van der Waals surface area contributed by atoms with Crippen LogP contribution in [0.3, 0.4) is 0 Å². The monoisotopic (exact) mass is 245 g/mol. The number of hydrogen-bond acceptors (Lipinski definition) is 3. The first-order valence-electron chi connectivity index (χ1n) is 5.56. The van der Waals surface area contributed by atoms with Gasteiger partial charge in [-0.25, -0.2) is 4.79 Å². The van der Waals surface area contributed by atoms with Crippen LogP contribution in [0.2, 0.25) is 0 Å². The predicted octanol–water partition coefficient (Wildman–Crippen LogP) is 2.49. The van der Waals surface area contributed by atoms with E-state index in [0.29, 0.717) is 5.69 Å². The Morgan fingerprint density at radius 2 is 1.83 bits per heavy atom. The smallest absolute Gasteiger partial charge is 0.355 e. The van der Waals surface area contributed by atoms with Crippen LogP contribution in [0.1, 0.15) is 10.5 Å². The molecule has 1 heterocycles. The Bertz CT molecular complexity index is 572. The van der Waals surface area contributed by atoms with Gasteiger partial charge in [0.15, 0.2) is 0 Å². The van der Waals surface area contributed by atoms with Gasteiger partial charge in [0.2, 0.25) is 0 Å². The van der Waals surface area contributed by atoms with Crippen LogP contribution in [-0.2, 0) is 11.8 Å². The molecule has 0 saturated heterocycles. The lowest BCUT2D eigenvalue weighted by Crippen LogP contribution is -2.08. The van der Waals surface area contributed by atoms with Gasteiger partial charge in [0.05, 0.1) is 14.2 Å². The molecule has 1 aromatic carbocycles. The third-order valence-corrected chi connectivity index (χ3v) is 2.85. The summed E-state index contributed by atoms with van der Waals surface area (Å²) < 4.78 is 11.9. The highest BCUT2D eigenvalue weighted by Gasteiger charge is 2.19. The summed E-state index contributed by atoms with van der Waals surface area (Å²) in [6.45, 7) is 0. The Morgan fingerprint density at radius 3 is 2.50 bits per heavy atom. The van der Waals surface area contributed by atoms with Gasteiger partial charge in [-0.05, 0) is 12.1 Å². The molecular weight excluding hydrogens is 230 g/mol. The summed E-state index contributed by atoms with van der Waals surface area (Å²) >= 11 is 0. The number of para-hydroxylation sites is 1. The van der Waals surface area contributed by atoms with Gasteiger partial charge in [-0.15, -0.1) is 0 Å². The molecule has 4 heteroatoms. The van der Waals surface area contributed by atoms with Crippen molar-refractivity contribution in [1.82, 2.24) is 4.57 Å². The number of ether oxygens (including phenoxy) is 2. The SMILES string of the molecule is COC(=O)c1c(-c2ccccc2OC)ccn1C. The molecule has 0 fully saturated rings. The lowest BCUT2D eigenvalue weighted by molar-refractivity contribution is 0.0591. The van der Waals surface area contributed by atoms with Crippen molar-refractivity contribution in [1.29, 1.82) is 0 Å². The van der Waals surface area contributed by atoms with Crippen LogP contribution in [0, 0.1) is 0 Å². The van der Waals surface area contributed by atoms with E-state index in [1.807, 2.05) is 43.6 Å². The number of carbonyl (C=O) groups excluding carboxylic acids is 1. The normalized spacial score (nSPS) is 10.2. The molecular formula is C14H15NO3. The molecule has 0 radical (unpaired) electrons. The van der Waals surface area contributed by atoms with Gasteiger partial charge in [0, 0.05) is 24.4 Å². The maximum atomic E-state index is 11.8. The summed E-state index contributed by atoms with van der Waals surface area (Å²) in [5.41, 5.74) is 2.20. The number of rotatable bonds is 3. The summed E-state index contributed by atoms with van der Waals surface area (Å²) in [5.74, 6) is 0.372. The molecule has 18 heavy (non-hydrogen) atoms. The first kappa shape index (κ1) is 12.2. The molecule has 0 N–H and O–H groups in total. The van der Waals surface area contributed by atoms with Crippen molar-refractivity contribution in [3.05, 3.63) is 42.2 Å². The average molecular weight is 245 g/mol. The van der Waals surface area contributed by atoms with E-state index in [0.717, 1.165) is 16.9 Å². The number of esters is 1. The second-order valence-corrected chi connectivity index (χ2v) is 3.88. The van der Waals surface area contributed by atoms with E-state index in [1.165, 1.54) is 7.11 Å². The van der Waals surface area contributed by atoms with Crippen LogP contribution in [0.4, 0.5) is 0 Å². The quantitative estimate of drug-likeness (QED) is 0.780.